The average Bonchev–Trinajstić information content (AvgIpc) is 3.53. The number of carbonyl (C=O) groups is 2. The first-order valence-electron chi connectivity index (χ1n) is 13.9. The fraction of sp³-hybridized carbons (Fsp3) is 0.571. The van der Waals surface area contributed by atoms with E-state index in [9.17, 15) is 9.59 Å². The molecule has 2 aromatic rings. The highest BCUT2D eigenvalue weighted by molar-refractivity contribution is 6.33. The van der Waals surface area contributed by atoms with Gasteiger partial charge in [-0.05, 0) is 70.8 Å². The standard InChI is InChI=1S/C28H35ClFN7O2/c1-35-11-7-17(8-12-35)32-25(38)19-13-20(29)22(14-21(19)30)33-27-31-15-23-24(34-27)37(18-5-3-4-6-18)16-28(9-10-28)26(39)36(23)2/h13-15,17-18H,3-12,16H2,1-2H3,(H,32,38)(H,31,33,34). The summed E-state index contributed by atoms with van der Waals surface area (Å²) in [5.74, 6) is -0.0481. The van der Waals surface area contributed by atoms with Gasteiger partial charge in [-0.15, -0.1) is 0 Å². The second kappa shape index (κ2) is 10.2. The van der Waals surface area contributed by atoms with Gasteiger partial charge in [0.15, 0.2) is 5.82 Å². The van der Waals surface area contributed by atoms with Crippen LogP contribution in [0.15, 0.2) is 18.3 Å². The van der Waals surface area contributed by atoms with Gasteiger partial charge < -0.3 is 25.3 Å². The zero-order valence-electron chi connectivity index (χ0n) is 22.5. The molecular weight excluding hydrogens is 521 g/mol. The van der Waals surface area contributed by atoms with Gasteiger partial charge in [-0.3, -0.25) is 9.59 Å². The summed E-state index contributed by atoms with van der Waals surface area (Å²) in [4.78, 5) is 41.5. The van der Waals surface area contributed by atoms with Gasteiger partial charge >= 0.3 is 0 Å². The maximum Gasteiger partial charge on any atom is 0.254 e. The Hall–Kier alpha value is -2.98. The Balaban J connectivity index is 1.25. The highest BCUT2D eigenvalue weighted by atomic mass is 35.5. The monoisotopic (exact) mass is 555 g/mol. The van der Waals surface area contributed by atoms with Crippen LogP contribution in [0.2, 0.25) is 5.02 Å². The molecule has 39 heavy (non-hydrogen) atoms. The van der Waals surface area contributed by atoms with Crippen LogP contribution >= 0.6 is 11.6 Å². The lowest BCUT2D eigenvalue weighted by atomic mass is 10.0. The summed E-state index contributed by atoms with van der Waals surface area (Å²) in [5, 5.41) is 6.18. The highest BCUT2D eigenvalue weighted by Crippen LogP contribution is 2.52. The maximum absolute atomic E-state index is 15.1. The Bertz CT molecular complexity index is 1290. The van der Waals surface area contributed by atoms with Crippen molar-refractivity contribution < 1.29 is 14.0 Å². The molecule has 9 nitrogen and oxygen atoms in total. The molecule has 2 amide bonds. The first kappa shape index (κ1) is 26.3. The van der Waals surface area contributed by atoms with Crippen molar-refractivity contribution in [3.63, 3.8) is 0 Å². The summed E-state index contributed by atoms with van der Waals surface area (Å²) in [6.45, 7) is 2.43. The van der Waals surface area contributed by atoms with E-state index in [2.05, 4.69) is 25.4 Å². The topological polar surface area (TPSA) is 93.7 Å². The van der Waals surface area contributed by atoms with Gasteiger partial charge in [-0.2, -0.15) is 4.98 Å². The number of hydrogen-bond donors (Lipinski definition) is 2. The molecule has 2 N–H and O–H groups in total. The van der Waals surface area contributed by atoms with Gasteiger partial charge in [0.05, 0.1) is 27.9 Å². The van der Waals surface area contributed by atoms with E-state index in [1.54, 1.807) is 18.1 Å². The van der Waals surface area contributed by atoms with Crippen LogP contribution < -0.4 is 20.4 Å². The average molecular weight is 556 g/mol. The number of benzene rings is 1. The van der Waals surface area contributed by atoms with Crippen molar-refractivity contribution in [2.75, 3.05) is 48.8 Å². The molecule has 4 aliphatic rings. The number of fused-ring (bicyclic) bond motifs is 1. The summed E-state index contributed by atoms with van der Waals surface area (Å²) >= 11 is 6.51. The number of hydrogen-bond acceptors (Lipinski definition) is 7. The number of nitrogens with one attached hydrogen (secondary N) is 2. The Labute approximate surface area is 233 Å². The molecule has 3 fully saturated rings. The number of halogens is 2. The van der Waals surface area contributed by atoms with Crippen molar-refractivity contribution in [2.45, 2.75) is 63.5 Å². The molecule has 0 unspecified atom stereocenters. The summed E-state index contributed by atoms with van der Waals surface area (Å²) in [5.41, 5.74) is 0.519. The van der Waals surface area contributed by atoms with Gasteiger partial charge in [0.2, 0.25) is 11.9 Å². The normalized spacial score (nSPS) is 21.7. The van der Waals surface area contributed by atoms with Gasteiger partial charge in [-0.1, -0.05) is 24.4 Å². The lowest BCUT2D eigenvalue weighted by Crippen LogP contribution is -2.43. The van der Waals surface area contributed by atoms with Crippen LogP contribution in [0, 0.1) is 11.2 Å². The number of nitrogens with zero attached hydrogens (tertiary/aromatic N) is 5. The molecule has 208 valence electrons. The van der Waals surface area contributed by atoms with Crippen LogP contribution in [0.3, 0.4) is 0 Å². The van der Waals surface area contributed by atoms with E-state index in [0.29, 0.717) is 24.1 Å². The maximum atomic E-state index is 15.1. The number of aromatic nitrogens is 2. The third-order valence-electron chi connectivity index (χ3n) is 8.84. The molecule has 3 heterocycles. The smallest absolute Gasteiger partial charge is 0.254 e. The zero-order chi connectivity index (χ0) is 27.3. The zero-order valence-corrected chi connectivity index (χ0v) is 23.2. The van der Waals surface area contributed by atoms with Crippen molar-refractivity contribution in [3.8, 4) is 0 Å². The minimum atomic E-state index is -0.671. The molecule has 1 aromatic heterocycles. The third kappa shape index (κ3) is 5.04. The third-order valence-corrected chi connectivity index (χ3v) is 9.15. The summed E-state index contributed by atoms with van der Waals surface area (Å²) in [6, 6.07) is 2.90. The Morgan fingerprint density at radius 1 is 1.13 bits per heavy atom. The molecule has 2 aliphatic carbocycles. The van der Waals surface area contributed by atoms with Gasteiger partial charge in [0.25, 0.3) is 5.91 Å². The molecule has 2 aliphatic heterocycles. The van der Waals surface area contributed by atoms with Crippen LogP contribution in [0.5, 0.6) is 0 Å². The summed E-state index contributed by atoms with van der Waals surface area (Å²) in [7, 11) is 3.84. The van der Waals surface area contributed by atoms with Gasteiger partial charge in [-0.25, -0.2) is 9.37 Å². The van der Waals surface area contributed by atoms with E-state index in [4.69, 9.17) is 16.6 Å². The summed E-state index contributed by atoms with van der Waals surface area (Å²) < 4.78 is 15.1. The number of likely N-dealkylation sites (tertiary alicyclic amines) is 1. The van der Waals surface area contributed by atoms with E-state index in [-0.39, 0.29) is 39.6 Å². The van der Waals surface area contributed by atoms with E-state index in [1.807, 2.05) is 7.05 Å². The summed E-state index contributed by atoms with van der Waals surface area (Å²) in [6.07, 6.45) is 9.54. The molecular formula is C28H35ClFN7O2. The number of rotatable bonds is 5. The molecule has 1 saturated heterocycles. The number of anilines is 4. The van der Waals surface area contributed by atoms with E-state index < -0.39 is 11.7 Å². The molecule has 0 radical (unpaired) electrons. The first-order chi connectivity index (χ1) is 18.7. The van der Waals surface area contributed by atoms with Crippen molar-refractivity contribution in [1.29, 1.82) is 0 Å². The van der Waals surface area contributed by atoms with Crippen LogP contribution in [0.4, 0.5) is 27.5 Å². The van der Waals surface area contributed by atoms with Gasteiger partial charge in [0, 0.05) is 25.7 Å². The molecule has 11 heteroatoms. The lowest BCUT2D eigenvalue weighted by molar-refractivity contribution is -0.122. The fourth-order valence-electron chi connectivity index (χ4n) is 6.20. The van der Waals surface area contributed by atoms with Crippen LogP contribution in [-0.2, 0) is 4.79 Å². The molecule has 1 aromatic carbocycles. The first-order valence-corrected chi connectivity index (χ1v) is 14.3. The molecule has 0 bridgehead atoms. The predicted molar refractivity (Wildman–Crippen MR) is 149 cm³/mol. The Kier molecular flexibility index (Phi) is 6.87. The minimum absolute atomic E-state index is 0.0141. The van der Waals surface area contributed by atoms with E-state index >= 15 is 4.39 Å². The number of amides is 2. The van der Waals surface area contributed by atoms with E-state index in [1.165, 1.54) is 12.1 Å². The minimum Gasteiger partial charge on any atom is -0.351 e. The van der Waals surface area contributed by atoms with Crippen molar-refractivity contribution in [2.24, 2.45) is 5.41 Å². The lowest BCUT2D eigenvalue weighted by Gasteiger charge is -2.31. The Morgan fingerprint density at radius 2 is 1.85 bits per heavy atom. The second-order valence-corrected chi connectivity index (χ2v) is 12.0. The Morgan fingerprint density at radius 3 is 2.54 bits per heavy atom. The van der Waals surface area contributed by atoms with Crippen LogP contribution in [0.25, 0.3) is 0 Å². The largest absolute Gasteiger partial charge is 0.351 e. The van der Waals surface area contributed by atoms with Crippen LogP contribution in [0.1, 0.15) is 61.7 Å². The van der Waals surface area contributed by atoms with Crippen molar-refractivity contribution in [1.82, 2.24) is 20.2 Å². The molecule has 2 saturated carbocycles. The molecule has 6 rings (SSSR count). The number of carbonyl (C=O) groups excluding carboxylic acids is 2. The second-order valence-electron chi connectivity index (χ2n) is 11.6. The van der Waals surface area contributed by atoms with Crippen LogP contribution in [-0.4, -0.2) is 72.5 Å². The predicted octanol–water partition coefficient (Wildman–Crippen LogP) is 4.34. The SMILES string of the molecule is CN1CCC(NC(=O)c2cc(Cl)c(Nc3ncc4c(n3)N(C3CCCC3)CC3(CC3)C(=O)N4C)cc2F)CC1. The fourth-order valence-corrected chi connectivity index (χ4v) is 6.41. The van der Waals surface area contributed by atoms with Gasteiger partial charge in [0.1, 0.15) is 11.5 Å². The van der Waals surface area contributed by atoms with Crippen molar-refractivity contribution in [3.05, 3.63) is 34.7 Å². The molecule has 0 atom stereocenters. The highest BCUT2D eigenvalue weighted by Gasteiger charge is 2.55. The van der Waals surface area contributed by atoms with Crippen molar-refractivity contribution >= 4 is 46.6 Å². The molecule has 1 spiro atoms. The number of piperidine rings is 1. The quantitative estimate of drug-likeness (QED) is 0.567. The van der Waals surface area contributed by atoms with E-state index in [0.717, 1.165) is 64.5 Å².